The molecule has 1 unspecified atom stereocenters. The second-order valence-corrected chi connectivity index (χ2v) is 5.47. The molecule has 2 amide bonds. The summed E-state index contributed by atoms with van der Waals surface area (Å²) < 4.78 is 5.02. The van der Waals surface area contributed by atoms with Crippen LogP contribution in [0.25, 0.3) is 0 Å². The van der Waals surface area contributed by atoms with E-state index in [2.05, 4.69) is 5.32 Å². The Morgan fingerprint density at radius 2 is 2.00 bits per heavy atom. The summed E-state index contributed by atoms with van der Waals surface area (Å²) >= 11 is 0. The van der Waals surface area contributed by atoms with E-state index < -0.39 is 17.5 Å². The van der Waals surface area contributed by atoms with Crippen LogP contribution in [0.2, 0.25) is 0 Å². The van der Waals surface area contributed by atoms with E-state index in [-0.39, 0.29) is 31.5 Å². The van der Waals surface area contributed by atoms with Crippen LogP contribution in [0, 0.1) is 5.41 Å². The fourth-order valence-corrected chi connectivity index (χ4v) is 1.56. The van der Waals surface area contributed by atoms with E-state index in [0.29, 0.717) is 6.54 Å². The Bertz CT molecular complexity index is 375. The summed E-state index contributed by atoms with van der Waals surface area (Å²) in [7, 11) is 0. The highest BCUT2D eigenvalue weighted by Gasteiger charge is 2.29. The number of nitrogens with one attached hydrogen (secondary N) is 1. The van der Waals surface area contributed by atoms with Gasteiger partial charge in [0.05, 0.1) is 19.7 Å². The zero-order chi connectivity index (χ0) is 14.6. The van der Waals surface area contributed by atoms with Gasteiger partial charge >= 0.3 is 5.97 Å². The van der Waals surface area contributed by atoms with Crippen molar-refractivity contribution in [1.29, 1.82) is 0 Å². The molecule has 1 rings (SSSR count). The molecular weight excluding hydrogens is 252 g/mol. The minimum absolute atomic E-state index is 0.0134. The van der Waals surface area contributed by atoms with Gasteiger partial charge in [-0.05, 0) is 0 Å². The molecular formula is C12H20N2O5. The number of hydrogen-bond donors (Lipinski definition) is 2. The molecule has 0 radical (unpaired) electrons. The van der Waals surface area contributed by atoms with Crippen LogP contribution in [-0.2, 0) is 19.1 Å². The largest absolute Gasteiger partial charge is 0.479 e. The smallest absolute Gasteiger partial charge is 0.334 e. The second kappa shape index (κ2) is 6.01. The highest BCUT2D eigenvalue weighted by molar-refractivity contribution is 5.87. The Kier molecular flexibility index (Phi) is 4.88. The van der Waals surface area contributed by atoms with Crippen molar-refractivity contribution in [1.82, 2.24) is 10.2 Å². The number of amides is 2. The molecule has 1 aliphatic heterocycles. The third-order valence-electron chi connectivity index (χ3n) is 2.78. The van der Waals surface area contributed by atoms with E-state index in [0.717, 1.165) is 0 Å². The van der Waals surface area contributed by atoms with Crippen molar-refractivity contribution in [2.24, 2.45) is 5.41 Å². The first-order valence-electron chi connectivity index (χ1n) is 6.12. The monoisotopic (exact) mass is 272 g/mol. The predicted octanol–water partition coefficient (Wildman–Crippen LogP) is -0.539. The predicted molar refractivity (Wildman–Crippen MR) is 66.4 cm³/mol. The quantitative estimate of drug-likeness (QED) is 0.719. The number of carbonyl (C=O) groups excluding carboxylic acids is 2. The molecule has 2 N–H and O–H groups in total. The summed E-state index contributed by atoms with van der Waals surface area (Å²) in [6, 6.07) is 0. The SMILES string of the molecule is CC(C)(C)C(=O)NCC(=O)N1CCOC(C(=O)O)C1. The normalized spacial score (nSPS) is 19.9. The van der Waals surface area contributed by atoms with Crippen LogP contribution in [-0.4, -0.2) is 60.1 Å². The molecule has 1 aliphatic rings. The number of ether oxygens (including phenoxy) is 1. The van der Waals surface area contributed by atoms with Crippen molar-refractivity contribution < 1.29 is 24.2 Å². The van der Waals surface area contributed by atoms with Crippen molar-refractivity contribution in [2.45, 2.75) is 26.9 Å². The standard InChI is InChI=1S/C12H20N2O5/c1-12(2,3)11(18)13-6-9(15)14-4-5-19-8(7-14)10(16)17/h8H,4-7H2,1-3H3,(H,13,18)(H,16,17). The summed E-state index contributed by atoms with van der Waals surface area (Å²) in [5.41, 5.74) is -0.561. The molecule has 0 bridgehead atoms. The van der Waals surface area contributed by atoms with Crippen LogP contribution in [0.5, 0.6) is 0 Å². The van der Waals surface area contributed by atoms with Gasteiger partial charge < -0.3 is 20.1 Å². The van der Waals surface area contributed by atoms with Gasteiger partial charge in [0.15, 0.2) is 6.10 Å². The molecule has 0 aromatic rings. The molecule has 1 heterocycles. The Balaban J connectivity index is 2.45. The maximum absolute atomic E-state index is 11.9. The summed E-state index contributed by atoms with van der Waals surface area (Å²) in [4.78, 5) is 35.7. The van der Waals surface area contributed by atoms with Gasteiger partial charge in [0.25, 0.3) is 0 Å². The lowest BCUT2D eigenvalue weighted by molar-refractivity contribution is -0.159. The molecule has 0 spiro atoms. The maximum atomic E-state index is 11.9. The molecule has 0 aromatic heterocycles. The van der Waals surface area contributed by atoms with Crippen LogP contribution in [0.1, 0.15) is 20.8 Å². The second-order valence-electron chi connectivity index (χ2n) is 5.47. The minimum atomic E-state index is -1.09. The first-order chi connectivity index (χ1) is 8.71. The van der Waals surface area contributed by atoms with Gasteiger partial charge in [-0.2, -0.15) is 0 Å². The first-order valence-corrected chi connectivity index (χ1v) is 6.12. The summed E-state index contributed by atoms with van der Waals surface area (Å²) in [5, 5.41) is 11.4. The van der Waals surface area contributed by atoms with Crippen LogP contribution in [0.4, 0.5) is 0 Å². The Hall–Kier alpha value is -1.63. The number of aliphatic carboxylic acids is 1. The molecule has 1 fully saturated rings. The van der Waals surface area contributed by atoms with Crippen LogP contribution >= 0.6 is 0 Å². The number of carboxylic acids is 1. The molecule has 0 aliphatic carbocycles. The number of carboxylic acid groups (broad SMARTS) is 1. The molecule has 0 saturated carbocycles. The van der Waals surface area contributed by atoms with Crippen molar-refractivity contribution in [3.05, 3.63) is 0 Å². The third-order valence-corrected chi connectivity index (χ3v) is 2.78. The topological polar surface area (TPSA) is 95.9 Å². The van der Waals surface area contributed by atoms with E-state index in [4.69, 9.17) is 9.84 Å². The number of carbonyl (C=O) groups is 3. The number of morpholine rings is 1. The van der Waals surface area contributed by atoms with Gasteiger partial charge in [-0.3, -0.25) is 9.59 Å². The lowest BCUT2D eigenvalue weighted by atomic mass is 9.96. The average Bonchev–Trinajstić information content (AvgIpc) is 2.34. The van der Waals surface area contributed by atoms with Gasteiger partial charge in [0, 0.05) is 12.0 Å². The highest BCUT2D eigenvalue weighted by atomic mass is 16.5. The zero-order valence-corrected chi connectivity index (χ0v) is 11.4. The molecule has 19 heavy (non-hydrogen) atoms. The van der Waals surface area contributed by atoms with Gasteiger partial charge in [-0.15, -0.1) is 0 Å². The van der Waals surface area contributed by atoms with Crippen LogP contribution in [0.15, 0.2) is 0 Å². The van der Waals surface area contributed by atoms with E-state index in [1.165, 1.54) is 4.90 Å². The summed E-state index contributed by atoms with van der Waals surface area (Å²) in [5.74, 6) is -1.60. The average molecular weight is 272 g/mol. The van der Waals surface area contributed by atoms with Gasteiger partial charge in [-0.1, -0.05) is 20.8 Å². The Morgan fingerprint density at radius 1 is 1.37 bits per heavy atom. The van der Waals surface area contributed by atoms with E-state index >= 15 is 0 Å². The van der Waals surface area contributed by atoms with Crippen LogP contribution < -0.4 is 5.32 Å². The number of rotatable bonds is 3. The van der Waals surface area contributed by atoms with Crippen LogP contribution in [0.3, 0.4) is 0 Å². The van der Waals surface area contributed by atoms with Crippen molar-refractivity contribution in [2.75, 3.05) is 26.2 Å². The van der Waals surface area contributed by atoms with Crippen molar-refractivity contribution in [3.8, 4) is 0 Å². The van der Waals surface area contributed by atoms with E-state index in [9.17, 15) is 14.4 Å². The van der Waals surface area contributed by atoms with E-state index in [1.807, 2.05) is 0 Å². The molecule has 7 nitrogen and oxygen atoms in total. The van der Waals surface area contributed by atoms with E-state index in [1.54, 1.807) is 20.8 Å². The van der Waals surface area contributed by atoms with Crippen molar-refractivity contribution >= 4 is 17.8 Å². The molecule has 1 atom stereocenters. The zero-order valence-electron chi connectivity index (χ0n) is 11.4. The maximum Gasteiger partial charge on any atom is 0.334 e. The lowest BCUT2D eigenvalue weighted by Crippen LogP contribution is -2.51. The number of nitrogens with zero attached hydrogens (tertiary/aromatic N) is 1. The third kappa shape index (κ3) is 4.51. The molecule has 0 aromatic carbocycles. The Morgan fingerprint density at radius 3 is 2.53 bits per heavy atom. The lowest BCUT2D eigenvalue weighted by Gasteiger charge is -2.31. The van der Waals surface area contributed by atoms with Gasteiger partial charge in [0.1, 0.15) is 0 Å². The fraction of sp³-hybridized carbons (Fsp3) is 0.750. The number of hydrogen-bond acceptors (Lipinski definition) is 4. The highest BCUT2D eigenvalue weighted by Crippen LogP contribution is 2.12. The first kappa shape index (κ1) is 15.4. The van der Waals surface area contributed by atoms with Gasteiger partial charge in [-0.25, -0.2) is 4.79 Å². The van der Waals surface area contributed by atoms with Crippen molar-refractivity contribution in [3.63, 3.8) is 0 Å². The molecule has 7 heteroatoms. The minimum Gasteiger partial charge on any atom is -0.479 e. The summed E-state index contributed by atoms with van der Waals surface area (Å²) in [6.45, 7) is 5.68. The Labute approximate surface area is 111 Å². The molecule has 108 valence electrons. The molecule has 1 saturated heterocycles. The fourth-order valence-electron chi connectivity index (χ4n) is 1.56. The van der Waals surface area contributed by atoms with Gasteiger partial charge in [0.2, 0.25) is 11.8 Å². The summed E-state index contributed by atoms with van der Waals surface area (Å²) in [6.07, 6.45) is -0.990.